The van der Waals surface area contributed by atoms with E-state index < -0.39 is 17.8 Å². The molecule has 0 aliphatic rings. The number of ether oxygens (including phenoxy) is 1. The summed E-state index contributed by atoms with van der Waals surface area (Å²) in [5.41, 5.74) is 0. The monoisotopic (exact) mass is 331 g/mol. The maximum Gasteiger partial charge on any atom is 0.438 e. The molecule has 0 saturated carbocycles. The van der Waals surface area contributed by atoms with Gasteiger partial charge in [-0.2, -0.15) is 0 Å². The number of amides is 1. The highest BCUT2D eigenvalue weighted by Crippen LogP contribution is 2.32. The van der Waals surface area contributed by atoms with E-state index in [1.54, 1.807) is 25.1 Å². The fourth-order valence-electron chi connectivity index (χ4n) is 1.47. The van der Waals surface area contributed by atoms with E-state index in [0.29, 0.717) is 10.8 Å². The Morgan fingerprint density at radius 2 is 2.29 bits per heavy atom. The lowest BCUT2D eigenvalue weighted by Gasteiger charge is -2.15. The van der Waals surface area contributed by atoms with Crippen molar-refractivity contribution < 1.29 is 14.1 Å². The predicted octanol–water partition coefficient (Wildman–Crippen LogP) is 1.75. The molecule has 7 nitrogen and oxygen atoms in total. The summed E-state index contributed by atoms with van der Waals surface area (Å²) in [4.78, 5) is 24.9. The van der Waals surface area contributed by atoms with Gasteiger partial charge in [0.15, 0.2) is 11.9 Å². The van der Waals surface area contributed by atoms with Crippen molar-refractivity contribution in [1.82, 2.24) is 15.5 Å². The molecule has 9 heteroatoms. The fraction of sp³-hybridized carbons (Fsp3) is 0.250. The Morgan fingerprint density at radius 3 is 2.95 bits per heavy atom. The minimum atomic E-state index is -0.806. The third kappa shape index (κ3) is 3.99. The number of nitrogens with zero attached hydrogens (tertiary/aromatic N) is 1. The highest BCUT2D eigenvalue weighted by atomic mass is 35.5. The number of hydrogen-bond donors (Lipinski definition) is 2. The predicted molar refractivity (Wildman–Crippen MR) is 75.5 cm³/mol. The Balaban J connectivity index is 1.93. The minimum absolute atomic E-state index is 0.0154. The number of carbonyl (C=O) groups is 1. The van der Waals surface area contributed by atoms with Crippen LogP contribution in [0.4, 0.5) is 0 Å². The van der Waals surface area contributed by atoms with Gasteiger partial charge in [-0.15, -0.1) is 0 Å². The molecule has 2 N–H and O–H groups in total. The van der Waals surface area contributed by atoms with E-state index in [-0.39, 0.29) is 17.4 Å². The zero-order valence-corrected chi connectivity index (χ0v) is 12.4. The number of carbonyl (C=O) groups excluding carboxylic acids is 1. The van der Waals surface area contributed by atoms with Gasteiger partial charge < -0.3 is 10.1 Å². The SMILES string of the molecule is CC(Oc1cccc(Cl)c1Cl)C(=O)NCc1noc(=O)[nH]1. The number of benzene rings is 1. The fourth-order valence-corrected chi connectivity index (χ4v) is 1.81. The number of hydrogen-bond acceptors (Lipinski definition) is 5. The van der Waals surface area contributed by atoms with Gasteiger partial charge in [-0.3, -0.25) is 14.3 Å². The Labute approximate surface area is 129 Å². The Kier molecular flexibility index (Phi) is 4.87. The van der Waals surface area contributed by atoms with E-state index in [1.807, 2.05) is 0 Å². The lowest BCUT2D eigenvalue weighted by molar-refractivity contribution is -0.127. The second-order valence-electron chi connectivity index (χ2n) is 4.07. The minimum Gasteiger partial charge on any atom is -0.479 e. The molecule has 2 rings (SSSR count). The number of rotatable bonds is 5. The van der Waals surface area contributed by atoms with Crippen molar-refractivity contribution in [2.75, 3.05) is 0 Å². The summed E-state index contributed by atoms with van der Waals surface area (Å²) in [7, 11) is 0. The quantitative estimate of drug-likeness (QED) is 0.869. The molecule has 2 aromatic rings. The highest BCUT2D eigenvalue weighted by molar-refractivity contribution is 6.42. The van der Waals surface area contributed by atoms with Crippen LogP contribution in [0.25, 0.3) is 0 Å². The van der Waals surface area contributed by atoms with Crippen molar-refractivity contribution in [1.29, 1.82) is 0 Å². The normalized spacial score (nSPS) is 12.0. The number of halogens is 2. The summed E-state index contributed by atoms with van der Waals surface area (Å²) in [6.45, 7) is 1.57. The lowest BCUT2D eigenvalue weighted by Crippen LogP contribution is -2.36. The first-order valence-corrected chi connectivity index (χ1v) is 6.66. The molecule has 0 bridgehead atoms. The van der Waals surface area contributed by atoms with E-state index in [1.165, 1.54) is 0 Å². The Hall–Kier alpha value is -1.99. The van der Waals surface area contributed by atoms with Gasteiger partial charge in [0.2, 0.25) is 0 Å². The largest absolute Gasteiger partial charge is 0.479 e. The molecule has 0 radical (unpaired) electrons. The number of aromatic amines is 1. The van der Waals surface area contributed by atoms with Crippen LogP contribution in [-0.4, -0.2) is 22.2 Å². The molecule has 1 amide bonds. The summed E-state index contributed by atoms with van der Waals surface area (Å²) in [5.74, 6) is -0.577. The van der Waals surface area contributed by atoms with Crippen LogP contribution in [0.1, 0.15) is 12.7 Å². The Morgan fingerprint density at radius 1 is 1.52 bits per heavy atom. The molecular weight excluding hydrogens is 321 g/mol. The third-order valence-corrected chi connectivity index (χ3v) is 3.31. The van der Waals surface area contributed by atoms with Gasteiger partial charge in [-0.05, 0) is 19.1 Å². The van der Waals surface area contributed by atoms with Crippen LogP contribution in [0.2, 0.25) is 10.0 Å². The molecule has 1 aromatic carbocycles. The average molecular weight is 332 g/mol. The van der Waals surface area contributed by atoms with Crippen molar-refractivity contribution in [3.05, 3.63) is 44.6 Å². The topological polar surface area (TPSA) is 97.2 Å². The van der Waals surface area contributed by atoms with Crippen LogP contribution >= 0.6 is 23.2 Å². The van der Waals surface area contributed by atoms with Crippen LogP contribution in [0.3, 0.4) is 0 Å². The van der Waals surface area contributed by atoms with Gasteiger partial charge >= 0.3 is 5.76 Å². The molecule has 0 spiro atoms. The van der Waals surface area contributed by atoms with Gasteiger partial charge in [-0.25, -0.2) is 4.79 Å². The summed E-state index contributed by atoms with van der Waals surface area (Å²) in [6.07, 6.45) is -0.806. The van der Waals surface area contributed by atoms with E-state index in [0.717, 1.165) is 0 Å². The first-order chi connectivity index (χ1) is 9.97. The lowest BCUT2D eigenvalue weighted by atomic mass is 10.3. The van der Waals surface area contributed by atoms with Crippen molar-refractivity contribution in [2.45, 2.75) is 19.6 Å². The summed E-state index contributed by atoms with van der Waals surface area (Å²) < 4.78 is 9.74. The van der Waals surface area contributed by atoms with Crippen LogP contribution in [0, 0.1) is 0 Å². The zero-order valence-electron chi connectivity index (χ0n) is 10.9. The maximum atomic E-state index is 11.9. The maximum absolute atomic E-state index is 11.9. The van der Waals surface area contributed by atoms with E-state index in [4.69, 9.17) is 27.9 Å². The first-order valence-electron chi connectivity index (χ1n) is 5.90. The summed E-state index contributed by atoms with van der Waals surface area (Å²) in [5, 5.41) is 6.52. The highest BCUT2D eigenvalue weighted by Gasteiger charge is 2.17. The van der Waals surface area contributed by atoms with Crippen molar-refractivity contribution in [3.8, 4) is 5.75 Å². The molecule has 1 unspecified atom stereocenters. The van der Waals surface area contributed by atoms with Crippen LogP contribution in [0.5, 0.6) is 5.75 Å². The number of nitrogens with one attached hydrogen (secondary N) is 2. The van der Waals surface area contributed by atoms with Crippen molar-refractivity contribution >= 4 is 29.1 Å². The smallest absolute Gasteiger partial charge is 0.438 e. The molecule has 21 heavy (non-hydrogen) atoms. The van der Waals surface area contributed by atoms with E-state index in [9.17, 15) is 9.59 Å². The summed E-state index contributed by atoms with van der Waals surface area (Å²) >= 11 is 11.8. The summed E-state index contributed by atoms with van der Waals surface area (Å²) in [6, 6.07) is 4.88. The van der Waals surface area contributed by atoms with Crippen LogP contribution < -0.4 is 15.8 Å². The second-order valence-corrected chi connectivity index (χ2v) is 4.86. The second kappa shape index (κ2) is 6.64. The van der Waals surface area contributed by atoms with Gasteiger partial charge in [0, 0.05) is 0 Å². The molecule has 0 fully saturated rings. The number of H-pyrrole nitrogens is 1. The molecular formula is C12H11Cl2N3O4. The van der Waals surface area contributed by atoms with Gasteiger partial charge in [0.1, 0.15) is 10.8 Å². The number of aromatic nitrogens is 2. The average Bonchev–Trinajstić information content (AvgIpc) is 2.87. The third-order valence-electron chi connectivity index (χ3n) is 2.50. The molecule has 1 aromatic heterocycles. The molecule has 0 aliphatic carbocycles. The van der Waals surface area contributed by atoms with Gasteiger partial charge in [0.25, 0.3) is 5.91 Å². The van der Waals surface area contributed by atoms with Crippen LogP contribution in [-0.2, 0) is 11.3 Å². The molecule has 1 heterocycles. The van der Waals surface area contributed by atoms with E-state index >= 15 is 0 Å². The van der Waals surface area contributed by atoms with E-state index in [2.05, 4.69) is 20.0 Å². The Bertz CT molecular complexity index is 698. The van der Waals surface area contributed by atoms with Crippen LogP contribution in [0.15, 0.2) is 27.5 Å². The van der Waals surface area contributed by atoms with Crippen molar-refractivity contribution in [2.24, 2.45) is 0 Å². The standard InChI is InChI=1S/C12H11Cl2N3O4/c1-6(20-8-4-2-3-7(13)10(8)14)11(18)15-5-9-16-12(19)21-17-9/h2-4,6H,5H2,1H3,(H,15,18)(H,16,17,19). The first kappa shape index (κ1) is 15.4. The van der Waals surface area contributed by atoms with Gasteiger partial charge in [-0.1, -0.05) is 34.4 Å². The molecule has 0 saturated heterocycles. The van der Waals surface area contributed by atoms with Crippen molar-refractivity contribution in [3.63, 3.8) is 0 Å². The molecule has 112 valence electrons. The molecule has 0 aliphatic heterocycles. The van der Waals surface area contributed by atoms with Gasteiger partial charge in [0.05, 0.1) is 11.6 Å². The zero-order chi connectivity index (χ0) is 15.4. The molecule has 1 atom stereocenters.